The number of ether oxygens (including phenoxy) is 2. The van der Waals surface area contributed by atoms with E-state index >= 15 is 0 Å². The summed E-state index contributed by atoms with van der Waals surface area (Å²) in [7, 11) is 4.28. The molecule has 206 valence electrons. The molecule has 0 aromatic rings. The van der Waals surface area contributed by atoms with Gasteiger partial charge in [0.2, 0.25) is 0 Å². The van der Waals surface area contributed by atoms with Gasteiger partial charge < -0.3 is 14.0 Å². The van der Waals surface area contributed by atoms with E-state index in [0.717, 1.165) is 23.5 Å². The lowest BCUT2D eigenvalue weighted by molar-refractivity contribution is -0.893. The third-order valence-electron chi connectivity index (χ3n) is 7.28. The molecule has 0 saturated carbocycles. The molecule has 1 saturated heterocycles. The van der Waals surface area contributed by atoms with Gasteiger partial charge in [-0.2, -0.15) is 0 Å². The lowest BCUT2D eigenvalue weighted by Crippen LogP contribution is -2.47. The molecule has 3 atom stereocenters. The van der Waals surface area contributed by atoms with Crippen molar-refractivity contribution in [3.8, 4) is 0 Å². The normalized spacial score (nSPS) is 23.8. The minimum Gasteiger partial charge on any atom is -0.335 e. The van der Waals surface area contributed by atoms with Gasteiger partial charge in [-0.1, -0.05) is 84.0 Å². The van der Waals surface area contributed by atoms with Crippen LogP contribution in [0.25, 0.3) is 0 Å². The summed E-state index contributed by atoms with van der Waals surface area (Å²) in [6, 6.07) is -1.24. The average molecular weight is 511 g/mol. The Labute approximate surface area is 216 Å². The fraction of sp³-hybridized carbons (Fsp3) is 0.852. The Kier molecular flexibility index (Phi) is 13.0. The van der Waals surface area contributed by atoms with Gasteiger partial charge in [-0.05, 0) is 25.0 Å². The molecule has 1 aliphatic carbocycles. The third kappa shape index (κ3) is 10.3. The first-order valence-electron chi connectivity index (χ1n) is 14.0. The largest absolute Gasteiger partial charge is 0.335 e. The molecule has 9 nitrogen and oxygen atoms in total. The summed E-state index contributed by atoms with van der Waals surface area (Å²) in [5.41, 5.74) is -0.411. The SMILES string of the molecule is CCCCCCCCCCCCCCCC[N+](C)(C)CC1COC2(C=CC([N+](=O)[O-])C=C2[N+](=O)[O-])O1. The van der Waals surface area contributed by atoms with Crippen LogP contribution in [0, 0.1) is 20.2 Å². The number of hydrogen-bond donors (Lipinski definition) is 0. The highest BCUT2D eigenvalue weighted by atomic mass is 16.8. The van der Waals surface area contributed by atoms with Crippen LogP contribution in [0.4, 0.5) is 0 Å². The van der Waals surface area contributed by atoms with Gasteiger partial charge in [-0.25, -0.2) is 0 Å². The number of quaternary nitrogens is 1. The second-order valence-electron chi connectivity index (χ2n) is 11.1. The highest BCUT2D eigenvalue weighted by Gasteiger charge is 2.54. The van der Waals surface area contributed by atoms with Gasteiger partial charge in [0, 0.05) is 4.92 Å². The fourth-order valence-electron chi connectivity index (χ4n) is 5.18. The van der Waals surface area contributed by atoms with E-state index in [1.807, 2.05) is 0 Å². The predicted molar refractivity (Wildman–Crippen MR) is 141 cm³/mol. The fourth-order valence-corrected chi connectivity index (χ4v) is 5.18. The second kappa shape index (κ2) is 15.4. The number of hydrogen-bond acceptors (Lipinski definition) is 6. The van der Waals surface area contributed by atoms with Gasteiger partial charge in [0.05, 0.1) is 38.2 Å². The zero-order valence-electron chi connectivity index (χ0n) is 22.7. The molecule has 0 amide bonds. The summed E-state index contributed by atoms with van der Waals surface area (Å²) in [5.74, 6) is -1.63. The van der Waals surface area contributed by atoms with Crippen LogP contribution < -0.4 is 0 Å². The van der Waals surface area contributed by atoms with Crippen molar-refractivity contribution in [2.45, 2.75) is 115 Å². The summed E-state index contributed by atoms with van der Waals surface area (Å²) in [6.07, 6.45) is 22.0. The maximum absolute atomic E-state index is 11.6. The van der Waals surface area contributed by atoms with E-state index in [0.29, 0.717) is 6.54 Å². The standard InChI is InChI=1S/C27H48N3O6/c1-4-5-6-7-8-9-10-11-12-13-14-15-16-17-20-30(2,3)22-25-23-35-27(36-25)19-18-24(28(31)32)21-26(27)29(33)34/h18-19,21,24-25H,4-17,20,22-23H2,1-3H3/q+1. The summed E-state index contributed by atoms with van der Waals surface area (Å²) >= 11 is 0. The topological polar surface area (TPSA) is 105 Å². The summed E-state index contributed by atoms with van der Waals surface area (Å²) in [6.45, 7) is 4.15. The Bertz CT molecular complexity index is 754. The first-order chi connectivity index (χ1) is 17.2. The van der Waals surface area contributed by atoms with Crippen molar-refractivity contribution >= 4 is 0 Å². The third-order valence-corrected chi connectivity index (χ3v) is 7.28. The van der Waals surface area contributed by atoms with Crippen LogP contribution in [-0.4, -0.2) is 66.1 Å². The number of rotatable bonds is 19. The molecule has 0 aromatic heterocycles. The van der Waals surface area contributed by atoms with Crippen molar-refractivity contribution < 1.29 is 23.8 Å². The molecular weight excluding hydrogens is 462 g/mol. The molecule has 9 heteroatoms. The number of nitro groups is 2. The van der Waals surface area contributed by atoms with Gasteiger partial charge in [-0.15, -0.1) is 0 Å². The molecule has 1 fully saturated rings. The maximum Gasteiger partial charge on any atom is 0.312 e. The van der Waals surface area contributed by atoms with Crippen molar-refractivity contribution in [3.05, 3.63) is 44.2 Å². The van der Waals surface area contributed by atoms with Gasteiger partial charge in [0.25, 0.3) is 11.8 Å². The van der Waals surface area contributed by atoms with Crippen LogP contribution in [0.2, 0.25) is 0 Å². The molecule has 0 N–H and O–H groups in total. The van der Waals surface area contributed by atoms with Crippen LogP contribution in [0.5, 0.6) is 0 Å². The molecule has 1 aliphatic heterocycles. The molecular formula is C27H48N3O6+. The van der Waals surface area contributed by atoms with E-state index in [9.17, 15) is 20.2 Å². The van der Waals surface area contributed by atoms with E-state index in [-0.39, 0.29) is 12.7 Å². The van der Waals surface area contributed by atoms with Crippen molar-refractivity contribution in [2.24, 2.45) is 0 Å². The van der Waals surface area contributed by atoms with E-state index in [1.165, 1.54) is 95.6 Å². The maximum atomic E-state index is 11.6. The monoisotopic (exact) mass is 510 g/mol. The number of unbranched alkanes of at least 4 members (excludes halogenated alkanes) is 13. The van der Waals surface area contributed by atoms with Crippen molar-refractivity contribution in [1.82, 2.24) is 0 Å². The molecule has 0 bridgehead atoms. The summed E-state index contributed by atoms with van der Waals surface area (Å²) < 4.78 is 12.4. The van der Waals surface area contributed by atoms with Gasteiger partial charge >= 0.3 is 5.70 Å². The molecule has 0 aromatic carbocycles. The molecule has 1 spiro atoms. The van der Waals surface area contributed by atoms with E-state index in [4.69, 9.17) is 9.47 Å². The van der Waals surface area contributed by atoms with Gasteiger partial charge in [-0.3, -0.25) is 20.2 Å². The molecule has 2 aliphatic rings. The molecule has 36 heavy (non-hydrogen) atoms. The first kappa shape index (κ1) is 30.4. The van der Waals surface area contributed by atoms with Crippen molar-refractivity contribution in [3.63, 3.8) is 0 Å². The van der Waals surface area contributed by atoms with Crippen LogP contribution >= 0.6 is 0 Å². The van der Waals surface area contributed by atoms with Crippen LogP contribution in [0.3, 0.4) is 0 Å². The minimum atomic E-state index is -1.63. The zero-order chi connectivity index (χ0) is 26.4. The lowest BCUT2D eigenvalue weighted by Gasteiger charge is -2.32. The first-order valence-corrected chi connectivity index (χ1v) is 14.0. The van der Waals surface area contributed by atoms with Crippen molar-refractivity contribution in [1.29, 1.82) is 0 Å². The zero-order valence-corrected chi connectivity index (χ0v) is 22.7. The van der Waals surface area contributed by atoms with E-state index in [1.54, 1.807) is 0 Å². The summed E-state index contributed by atoms with van der Waals surface area (Å²) in [5, 5.41) is 22.6. The van der Waals surface area contributed by atoms with E-state index < -0.39 is 27.4 Å². The Morgan fingerprint density at radius 3 is 1.94 bits per heavy atom. The van der Waals surface area contributed by atoms with Crippen LogP contribution in [0.1, 0.15) is 96.8 Å². The Morgan fingerprint density at radius 2 is 1.44 bits per heavy atom. The Balaban J connectivity index is 1.59. The molecule has 0 radical (unpaired) electrons. The highest BCUT2D eigenvalue weighted by molar-refractivity contribution is 5.26. The van der Waals surface area contributed by atoms with E-state index in [2.05, 4.69) is 21.0 Å². The smallest absolute Gasteiger partial charge is 0.312 e. The van der Waals surface area contributed by atoms with Gasteiger partial charge in [0.1, 0.15) is 12.6 Å². The average Bonchev–Trinajstić information content (AvgIpc) is 3.20. The predicted octanol–water partition coefficient (Wildman–Crippen LogP) is 6.03. The number of nitrogens with zero attached hydrogens (tertiary/aromatic N) is 3. The van der Waals surface area contributed by atoms with Gasteiger partial charge in [0.15, 0.2) is 0 Å². The second-order valence-corrected chi connectivity index (χ2v) is 11.1. The summed E-state index contributed by atoms with van der Waals surface area (Å²) in [4.78, 5) is 21.4. The van der Waals surface area contributed by atoms with Crippen molar-refractivity contribution in [2.75, 3.05) is 33.8 Å². The Hall–Kier alpha value is -1.84. The molecule has 3 unspecified atom stereocenters. The van der Waals surface area contributed by atoms with Crippen LogP contribution in [0.15, 0.2) is 23.9 Å². The lowest BCUT2D eigenvalue weighted by atomic mass is 10.0. The quantitative estimate of drug-likeness (QED) is 0.0690. The molecule has 2 rings (SSSR count). The highest BCUT2D eigenvalue weighted by Crippen LogP contribution is 2.36. The number of likely N-dealkylation sites (N-methyl/N-ethyl adjacent to an activating group) is 1. The minimum absolute atomic E-state index is 0.221. The Morgan fingerprint density at radius 1 is 0.917 bits per heavy atom. The molecule has 1 heterocycles. The van der Waals surface area contributed by atoms with Crippen LogP contribution in [-0.2, 0) is 9.47 Å².